The molecule has 0 unspecified atom stereocenters. The van der Waals surface area contributed by atoms with Crippen molar-refractivity contribution in [2.45, 2.75) is 44.7 Å². The van der Waals surface area contributed by atoms with Crippen LogP contribution in [0.1, 0.15) is 31.2 Å². The van der Waals surface area contributed by atoms with Crippen molar-refractivity contribution in [2.24, 2.45) is 0 Å². The number of hydrogen-bond acceptors (Lipinski definition) is 6. The summed E-state index contributed by atoms with van der Waals surface area (Å²) in [6, 6.07) is 8.87. The zero-order valence-corrected chi connectivity index (χ0v) is 16.9. The number of anilines is 1. The maximum Gasteiger partial charge on any atom is 0.149 e. The monoisotopic (exact) mass is 382 g/mol. The van der Waals surface area contributed by atoms with Gasteiger partial charge in [0, 0.05) is 27.7 Å². The number of aryl methyl sites for hydroxylation is 1. The average Bonchev–Trinajstić information content (AvgIpc) is 3.13. The number of likely N-dealkylation sites (N-methyl/N-ethyl adjacent to an activating group) is 1. The van der Waals surface area contributed by atoms with Gasteiger partial charge in [-0.2, -0.15) is 0 Å². The first kappa shape index (κ1) is 18.2. The zero-order chi connectivity index (χ0) is 19.0. The van der Waals surface area contributed by atoms with E-state index in [1.165, 1.54) is 19.3 Å². The van der Waals surface area contributed by atoms with Crippen LogP contribution in [0.5, 0.6) is 5.75 Å². The van der Waals surface area contributed by atoms with Crippen molar-refractivity contribution >= 4 is 27.2 Å². The van der Waals surface area contributed by atoms with Crippen molar-refractivity contribution in [1.82, 2.24) is 15.1 Å². The van der Waals surface area contributed by atoms with Crippen LogP contribution >= 0.6 is 11.3 Å². The van der Waals surface area contributed by atoms with Crippen LogP contribution in [-0.4, -0.2) is 46.4 Å². The molecular formula is C21H26N4OS. The highest BCUT2D eigenvalue weighted by Crippen LogP contribution is 2.38. The lowest BCUT2D eigenvalue weighted by atomic mass is 9.89. The highest BCUT2D eigenvalue weighted by atomic mass is 32.1. The number of benzene rings is 1. The van der Waals surface area contributed by atoms with E-state index in [1.54, 1.807) is 11.3 Å². The molecule has 4 rings (SSSR count). The fraction of sp³-hybridized carbons (Fsp3) is 0.429. The smallest absolute Gasteiger partial charge is 0.149 e. The third-order valence-corrected chi connectivity index (χ3v) is 6.45. The van der Waals surface area contributed by atoms with Crippen molar-refractivity contribution in [1.29, 1.82) is 0 Å². The van der Waals surface area contributed by atoms with Crippen LogP contribution in [0, 0.1) is 6.92 Å². The Balaban J connectivity index is 1.61. The van der Waals surface area contributed by atoms with Crippen molar-refractivity contribution in [3.63, 3.8) is 0 Å². The first-order valence-electron chi connectivity index (χ1n) is 9.51. The molecule has 2 atom stereocenters. The molecule has 2 aromatic heterocycles. The normalized spacial score (nSPS) is 20.3. The SMILES string of the molecule is Cc1cc(N[C@@H]2CCCC[C@H]2N(C)C)nnc1-c1ccc2sccc2c1O. The van der Waals surface area contributed by atoms with Gasteiger partial charge in [-0.1, -0.05) is 12.8 Å². The third-order valence-electron chi connectivity index (χ3n) is 5.57. The molecular weight excluding hydrogens is 356 g/mol. The van der Waals surface area contributed by atoms with Crippen LogP contribution in [0.25, 0.3) is 21.3 Å². The summed E-state index contributed by atoms with van der Waals surface area (Å²) in [6.07, 6.45) is 4.90. The molecule has 6 heteroatoms. The quantitative estimate of drug-likeness (QED) is 0.687. The van der Waals surface area contributed by atoms with Crippen molar-refractivity contribution in [2.75, 3.05) is 19.4 Å². The Morgan fingerprint density at radius 2 is 1.96 bits per heavy atom. The van der Waals surface area contributed by atoms with Gasteiger partial charge in [0.2, 0.25) is 0 Å². The molecule has 0 aliphatic heterocycles. The Morgan fingerprint density at radius 1 is 1.15 bits per heavy atom. The molecule has 0 amide bonds. The van der Waals surface area contributed by atoms with Gasteiger partial charge in [0.15, 0.2) is 0 Å². The molecule has 0 radical (unpaired) electrons. The van der Waals surface area contributed by atoms with Gasteiger partial charge in [-0.05, 0) is 69.1 Å². The molecule has 27 heavy (non-hydrogen) atoms. The van der Waals surface area contributed by atoms with Gasteiger partial charge < -0.3 is 15.3 Å². The highest BCUT2D eigenvalue weighted by Gasteiger charge is 2.27. The summed E-state index contributed by atoms with van der Waals surface area (Å²) >= 11 is 1.62. The van der Waals surface area contributed by atoms with E-state index in [0.717, 1.165) is 39.1 Å². The van der Waals surface area contributed by atoms with Gasteiger partial charge in [0.05, 0.1) is 5.69 Å². The van der Waals surface area contributed by atoms with E-state index in [9.17, 15) is 5.11 Å². The molecule has 0 saturated heterocycles. The standard InChI is InChI=1S/C21H26N4OS/c1-13-12-19(22-16-6-4-5-7-17(16)25(2)3)23-24-20(13)15-8-9-18-14(21(15)26)10-11-27-18/h8-12,16-17,26H,4-7H2,1-3H3,(H,22,23)/t16-,17-/m1/s1. The van der Waals surface area contributed by atoms with Crippen LogP contribution in [0.2, 0.25) is 0 Å². The summed E-state index contributed by atoms with van der Waals surface area (Å²) in [5, 5.41) is 26.0. The van der Waals surface area contributed by atoms with Gasteiger partial charge in [0.1, 0.15) is 11.6 Å². The average molecular weight is 383 g/mol. The Labute approximate surface area is 164 Å². The minimum Gasteiger partial charge on any atom is -0.507 e. The largest absolute Gasteiger partial charge is 0.507 e. The lowest BCUT2D eigenvalue weighted by Gasteiger charge is -2.36. The summed E-state index contributed by atoms with van der Waals surface area (Å²) in [7, 11) is 4.29. The van der Waals surface area contributed by atoms with E-state index in [4.69, 9.17) is 0 Å². The van der Waals surface area contributed by atoms with Gasteiger partial charge in [-0.25, -0.2) is 0 Å². The first-order valence-corrected chi connectivity index (χ1v) is 10.4. The van der Waals surface area contributed by atoms with Gasteiger partial charge in [0.25, 0.3) is 0 Å². The van der Waals surface area contributed by atoms with E-state index in [2.05, 4.69) is 34.5 Å². The topological polar surface area (TPSA) is 61.3 Å². The van der Waals surface area contributed by atoms with Crippen LogP contribution in [0.3, 0.4) is 0 Å². The maximum absolute atomic E-state index is 10.7. The number of aromatic nitrogens is 2. The molecule has 142 valence electrons. The Hall–Kier alpha value is -2.18. The predicted molar refractivity (Wildman–Crippen MR) is 113 cm³/mol. The number of phenols is 1. The molecule has 0 spiro atoms. The molecule has 2 heterocycles. The van der Waals surface area contributed by atoms with Crippen LogP contribution in [-0.2, 0) is 0 Å². The highest BCUT2D eigenvalue weighted by molar-refractivity contribution is 7.17. The van der Waals surface area contributed by atoms with Crippen molar-refractivity contribution in [3.8, 4) is 17.0 Å². The number of nitrogens with zero attached hydrogens (tertiary/aromatic N) is 3. The maximum atomic E-state index is 10.7. The van der Waals surface area contributed by atoms with Gasteiger partial charge >= 0.3 is 0 Å². The second-order valence-corrected chi connectivity index (χ2v) is 8.57. The number of fused-ring (bicyclic) bond motifs is 1. The van der Waals surface area contributed by atoms with Crippen LogP contribution in [0.15, 0.2) is 29.6 Å². The van der Waals surface area contributed by atoms with E-state index < -0.39 is 0 Å². The summed E-state index contributed by atoms with van der Waals surface area (Å²) in [5.74, 6) is 1.10. The number of phenolic OH excluding ortho intramolecular Hbond substituents is 1. The summed E-state index contributed by atoms with van der Waals surface area (Å²) in [5.41, 5.74) is 2.48. The van der Waals surface area contributed by atoms with E-state index in [1.807, 2.05) is 36.6 Å². The summed E-state index contributed by atoms with van der Waals surface area (Å²) < 4.78 is 1.08. The molecule has 3 aromatic rings. The Morgan fingerprint density at radius 3 is 2.74 bits per heavy atom. The molecule has 1 aliphatic rings. The minimum atomic E-state index is 0.284. The first-order chi connectivity index (χ1) is 13.0. The lowest BCUT2D eigenvalue weighted by molar-refractivity contribution is 0.211. The predicted octanol–water partition coefficient (Wildman–Crippen LogP) is 4.66. The molecule has 1 saturated carbocycles. The second-order valence-electron chi connectivity index (χ2n) is 7.62. The van der Waals surface area contributed by atoms with Gasteiger partial charge in [-0.3, -0.25) is 0 Å². The third kappa shape index (κ3) is 3.51. The minimum absolute atomic E-state index is 0.284. The number of nitrogens with one attached hydrogen (secondary N) is 1. The van der Waals surface area contributed by atoms with Crippen molar-refractivity contribution in [3.05, 3.63) is 35.2 Å². The molecule has 1 aromatic carbocycles. The van der Waals surface area contributed by atoms with E-state index in [0.29, 0.717) is 12.1 Å². The summed E-state index contributed by atoms with van der Waals surface area (Å²) in [6.45, 7) is 2.02. The molecule has 5 nitrogen and oxygen atoms in total. The Bertz CT molecular complexity index is 953. The van der Waals surface area contributed by atoms with Crippen LogP contribution < -0.4 is 5.32 Å². The van der Waals surface area contributed by atoms with E-state index in [-0.39, 0.29) is 5.75 Å². The van der Waals surface area contributed by atoms with Crippen molar-refractivity contribution < 1.29 is 5.11 Å². The molecule has 1 aliphatic carbocycles. The number of aromatic hydroxyl groups is 1. The number of hydrogen-bond donors (Lipinski definition) is 2. The second kappa shape index (κ2) is 7.44. The molecule has 1 fully saturated rings. The lowest BCUT2D eigenvalue weighted by Crippen LogP contribution is -2.45. The summed E-state index contributed by atoms with van der Waals surface area (Å²) in [4.78, 5) is 2.31. The fourth-order valence-corrected chi connectivity index (χ4v) is 4.92. The van der Waals surface area contributed by atoms with Gasteiger partial charge in [-0.15, -0.1) is 21.5 Å². The fourth-order valence-electron chi connectivity index (χ4n) is 4.13. The molecule has 2 N–H and O–H groups in total. The zero-order valence-electron chi connectivity index (χ0n) is 16.1. The van der Waals surface area contributed by atoms with Crippen LogP contribution in [0.4, 0.5) is 5.82 Å². The molecule has 0 bridgehead atoms. The number of thiophene rings is 1. The Kier molecular flexibility index (Phi) is 5.02. The number of rotatable bonds is 4. The van der Waals surface area contributed by atoms with E-state index >= 15 is 0 Å².